The zero-order valence-corrected chi connectivity index (χ0v) is 8.26. The smallest absolute Gasteiger partial charge is 0.267 e. The Kier molecular flexibility index (Phi) is 2.55. The van der Waals surface area contributed by atoms with E-state index in [4.69, 9.17) is 5.73 Å². The maximum absolute atomic E-state index is 10.9. The van der Waals surface area contributed by atoms with Gasteiger partial charge in [0.05, 0.1) is 6.10 Å². The summed E-state index contributed by atoms with van der Waals surface area (Å²) < 4.78 is 0. The summed E-state index contributed by atoms with van der Waals surface area (Å²) in [5.41, 5.74) is 5.40. The van der Waals surface area contributed by atoms with Gasteiger partial charge in [0.2, 0.25) is 0 Å². The van der Waals surface area contributed by atoms with Crippen molar-refractivity contribution < 1.29 is 9.90 Å². The topological polar surface area (TPSA) is 79.5 Å². The van der Waals surface area contributed by atoms with E-state index in [1.165, 1.54) is 0 Å². The first-order valence-corrected chi connectivity index (χ1v) is 4.86. The van der Waals surface area contributed by atoms with E-state index in [-0.39, 0.29) is 11.8 Å². The number of nitrogens with zero attached hydrogens (tertiary/aromatic N) is 2. The molecule has 5 heteroatoms. The molecule has 1 aromatic rings. The zero-order chi connectivity index (χ0) is 10.8. The van der Waals surface area contributed by atoms with Crippen molar-refractivity contribution in [3.8, 4) is 0 Å². The maximum Gasteiger partial charge on any atom is 0.267 e. The number of anilines is 1. The van der Waals surface area contributed by atoms with Crippen molar-refractivity contribution in [1.29, 1.82) is 0 Å². The highest BCUT2D eigenvalue weighted by atomic mass is 16.3. The molecule has 1 aliphatic rings. The van der Waals surface area contributed by atoms with Crippen LogP contribution in [0.5, 0.6) is 0 Å². The van der Waals surface area contributed by atoms with Crippen molar-refractivity contribution in [2.45, 2.75) is 12.5 Å². The van der Waals surface area contributed by atoms with Crippen LogP contribution in [0, 0.1) is 0 Å². The van der Waals surface area contributed by atoms with Crippen LogP contribution < -0.4 is 10.6 Å². The first kappa shape index (κ1) is 9.92. The summed E-state index contributed by atoms with van der Waals surface area (Å²) in [6.45, 7) is 1.32. The lowest BCUT2D eigenvalue weighted by molar-refractivity contribution is 0.0995. The van der Waals surface area contributed by atoms with Gasteiger partial charge in [0.1, 0.15) is 11.5 Å². The minimum absolute atomic E-state index is 0.258. The normalized spacial score (nSPS) is 20.6. The predicted molar refractivity (Wildman–Crippen MR) is 55.6 cm³/mol. The van der Waals surface area contributed by atoms with E-state index < -0.39 is 5.91 Å². The summed E-state index contributed by atoms with van der Waals surface area (Å²) in [6, 6.07) is 5.13. The van der Waals surface area contributed by atoms with Gasteiger partial charge < -0.3 is 15.7 Å². The van der Waals surface area contributed by atoms with Gasteiger partial charge in [0.25, 0.3) is 5.91 Å². The molecule has 0 aliphatic carbocycles. The van der Waals surface area contributed by atoms with E-state index in [0.717, 1.165) is 13.0 Å². The number of amides is 1. The quantitative estimate of drug-likeness (QED) is 0.701. The van der Waals surface area contributed by atoms with E-state index in [1.54, 1.807) is 12.1 Å². The third-order valence-electron chi connectivity index (χ3n) is 2.47. The second-order valence-electron chi connectivity index (χ2n) is 3.63. The van der Waals surface area contributed by atoms with Gasteiger partial charge in [-0.25, -0.2) is 4.98 Å². The maximum atomic E-state index is 10.9. The largest absolute Gasteiger partial charge is 0.391 e. The van der Waals surface area contributed by atoms with Gasteiger partial charge in [-0.15, -0.1) is 0 Å². The highest BCUT2D eigenvalue weighted by Gasteiger charge is 2.21. The Bertz CT molecular complexity index is 381. The number of aliphatic hydroxyl groups excluding tert-OH is 1. The molecule has 0 spiro atoms. The fourth-order valence-corrected chi connectivity index (χ4v) is 1.69. The van der Waals surface area contributed by atoms with Gasteiger partial charge in [-0.2, -0.15) is 0 Å². The highest BCUT2D eigenvalue weighted by molar-refractivity contribution is 5.91. The van der Waals surface area contributed by atoms with Gasteiger partial charge in [0, 0.05) is 13.1 Å². The Hall–Kier alpha value is -1.62. The minimum atomic E-state index is -0.531. The molecule has 2 heterocycles. The second kappa shape index (κ2) is 3.86. The molecule has 1 atom stereocenters. The molecule has 0 radical (unpaired) electrons. The van der Waals surface area contributed by atoms with Gasteiger partial charge in [-0.05, 0) is 18.6 Å². The molecule has 1 saturated heterocycles. The first-order valence-electron chi connectivity index (χ1n) is 4.86. The molecular weight excluding hydrogens is 194 g/mol. The SMILES string of the molecule is NC(=O)c1cccc(N2CC[C@H](O)C2)n1. The number of rotatable bonds is 2. The molecule has 80 valence electrons. The molecule has 0 saturated carbocycles. The number of primary amides is 1. The van der Waals surface area contributed by atoms with E-state index in [0.29, 0.717) is 12.4 Å². The Morgan fingerprint density at radius 1 is 1.60 bits per heavy atom. The van der Waals surface area contributed by atoms with Crippen molar-refractivity contribution in [3.63, 3.8) is 0 Å². The fourth-order valence-electron chi connectivity index (χ4n) is 1.69. The molecule has 0 unspecified atom stereocenters. The molecule has 1 aliphatic heterocycles. The molecule has 5 nitrogen and oxygen atoms in total. The number of carbonyl (C=O) groups excluding carboxylic acids is 1. The summed E-state index contributed by atoms with van der Waals surface area (Å²) in [6.07, 6.45) is 0.437. The third kappa shape index (κ3) is 2.07. The molecule has 1 aromatic heterocycles. The van der Waals surface area contributed by atoms with Crippen LogP contribution in [-0.2, 0) is 0 Å². The summed E-state index contributed by atoms with van der Waals surface area (Å²) >= 11 is 0. The Morgan fingerprint density at radius 2 is 2.40 bits per heavy atom. The van der Waals surface area contributed by atoms with Crippen molar-refractivity contribution in [1.82, 2.24) is 4.98 Å². The lowest BCUT2D eigenvalue weighted by Crippen LogP contribution is -2.23. The fraction of sp³-hybridized carbons (Fsp3) is 0.400. The van der Waals surface area contributed by atoms with Crippen LogP contribution in [0.3, 0.4) is 0 Å². The highest BCUT2D eigenvalue weighted by Crippen LogP contribution is 2.17. The van der Waals surface area contributed by atoms with Crippen LogP contribution in [0.25, 0.3) is 0 Å². The molecule has 0 bridgehead atoms. The van der Waals surface area contributed by atoms with E-state index in [1.807, 2.05) is 11.0 Å². The number of hydrogen-bond donors (Lipinski definition) is 2. The third-order valence-corrected chi connectivity index (χ3v) is 2.47. The van der Waals surface area contributed by atoms with E-state index in [9.17, 15) is 9.90 Å². The van der Waals surface area contributed by atoms with Crippen LogP contribution in [-0.4, -0.2) is 35.2 Å². The monoisotopic (exact) mass is 207 g/mol. The molecule has 2 rings (SSSR count). The number of hydrogen-bond acceptors (Lipinski definition) is 4. The van der Waals surface area contributed by atoms with Crippen LogP contribution >= 0.6 is 0 Å². The predicted octanol–water partition coefficient (Wildman–Crippen LogP) is -0.249. The van der Waals surface area contributed by atoms with Gasteiger partial charge in [-0.3, -0.25) is 4.79 Å². The van der Waals surface area contributed by atoms with Crippen molar-refractivity contribution in [2.75, 3.05) is 18.0 Å². The van der Waals surface area contributed by atoms with Crippen LogP contribution in [0.2, 0.25) is 0 Å². The molecule has 3 N–H and O–H groups in total. The molecule has 15 heavy (non-hydrogen) atoms. The minimum Gasteiger partial charge on any atom is -0.391 e. The Labute approximate surface area is 87.5 Å². The van der Waals surface area contributed by atoms with Crippen LogP contribution in [0.1, 0.15) is 16.9 Å². The Balaban J connectivity index is 2.21. The van der Waals surface area contributed by atoms with E-state index in [2.05, 4.69) is 4.98 Å². The lowest BCUT2D eigenvalue weighted by atomic mass is 10.3. The van der Waals surface area contributed by atoms with Gasteiger partial charge in [0.15, 0.2) is 0 Å². The summed E-state index contributed by atoms with van der Waals surface area (Å²) in [5.74, 6) is 0.166. The van der Waals surface area contributed by atoms with Crippen LogP contribution in [0.4, 0.5) is 5.82 Å². The second-order valence-corrected chi connectivity index (χ2v) is 3.63. The average molecular weight is 207 g/mol. The lowest BCUT2D eigenvalue weighted by Gasteiger charge is -2.16. The van der Waals surface area contributed by atoms with Gasteiger partial charge >= 0.3 is 0 Å². The average Bonchev–Trinajstić information content (AvgIpc) is 2.65. The van der Waals surface area contributed by atoms with Crippen LogP contribution in [0.15, 0.2) is 18.2 Å². The number of carbonyl (C=O) groups is 1. The summed E-state index contributed by atoms with van der Waals surface area (Å²) in [5, 5.41) is 9.38. The number of aromatic nitrogens is 1. The van der Waals surface area contributed by atoms with Crippen molar-refractivity contribution in [2.24, 2.45) is 5.73 Å². The van der Waals surface area contributed by atoms with Gasteiger partial charge in [-0.1, -0.05) is 6.07 Å². The number of aliphatic hydroxyl groups is 1. The standard InChI is InChI=1S/C10H13N3O2/c11-10(15)8-2-1-3-9(12-8)13-5-4-7(14)6-13/h1-3,7,14H,4-6H2,(H2,11,15)/t7-/m0/s1. The first-order chi connectivity index (χ1) is 7.16. The molecule has 0 aromatic carbocycles. The van der Waals surface area contributed by atoms with Crippen molar-refractivity contribution in [3.05, 3.63) is 23.9 Å². The molecule has 1 fully saturated rings. The molecular formula is C10H13N3O2. The number of nitrogens with two attached hydrogens (primary N) is 1. The summed E-state index contributed by atoms with van der Waals surface area (Å²) in [4.78, 5) is 17.0. The number of β-amino-alcohol motifs (C(OH)–C–C–N with tert-alkyl or cyclic N) is 1. The Morgan fingerprint density at radius 3 is 3.00 bits per heavy atom. The molecule has 1 amide bonds. The number of pyridine rings is 1. The van der Waals surface area contributed by atoms with E-state index >= 15 is 0 Å². The summed E-state index contributed by atoms with van der Waals surface area (Å²) in [7, 11) is 0. The van der Waals surface area contributed by atoms with Crippen molar-refractivity contribution >= 4 is 11.7 Å². The zero-order valence-electron chi connectivity index (χ0n) is 8.26.